The van der Waals surface area contributed by atoms with Crippen molar-refractivity contribution in [1.29, 1.82) is 0 Å². The molecule has 0 heterocycles. The van der Waals surface area contributed by atoms with Crippen molar-refractivity contribution in [2.24, 2.45) is 5.92 Å². The lowest BCUT2D eigenvalue weighted by Crippen LogP contribution is -2.40. The number of nitrogens with one attached hydrogen (secondary N) is 2. The van der Waals surface area contributed by atoms with Crippen LogP contribution in [0.25, 0.3) is 0 Å². The largest absolute Gasteiger partial charge is 0.496 e. The van der Waals surface area contributed by atoms with Crippen molar-refractivity contribution < 1.29 is 13.9 Å². The Balaban J connectivity index is 1.98. The number of rotatable bonds is 9. The van der Waals surface area contributed by atoms with Gasteiger partial charge in [-0.25, -0.2) is 4.39 Å². The molecule has 0 fully saturated rings. The summed E-state index contributed by atoms with van der Waals surface area (Å²) in [6.07, 6.45) is 0.726. The van der Waals surface area contributed by atoms with Crippen molar-refractivity contribution in [3.8, 4) is 5.75 Å². The molecule has 2 unspecified atom stereocenters. The van der Waals surface area contributed by atoms with Crippen LogP contribution in [0.15, 0.2) is 72.8 Å². The summed E-state index contributed by atoms with van der Waals surface area (Å²) >= 11 is 0. The zero-order chi connectivity index (χ0) is 23.1. The van der Waals surface area contributed by atoms with E-state index < -0.39 is 6.04 Å². The normalized spacial score (nSPS) is 13.8. The predicted molar refractivity (Wildman–Crippen MR) is 126 cm³/mol. The van der Waals surface area contributed by atoms with E-state index in [0.717, 1.165) is 34.4 Å². The molecule has 5 heteroatoms. The number of methoxy groups -OCH3 is 1. The first-order valence-electron chi connectivity index (χ1n) is 10.8. The highest BCUT2D eigenvalue weighted by Crippen LogP contribution is 2.32. The molecule has 0 saturated carbocycles. The molecule has 3 aromatic rings. The number of ether oxygens (including phenoxy) is 1. The Bertz CT molecular complexity index is 1020. The maximum absolute atomic E-state index is 13.4. The molecule has 168 valence electrons. The van der Waals surface area contributed by atoms with E-state index in [9.17, 15) is 9.18 Å². The van der Waals surface area contributed by atoms with Crippen LogP contribution >= 0.6 is 0 Å². The molecule has 3 rings (SSSR count). The Morgan fingerprint density at radius 1 is 1.00 bits per heavy atom. The molecule has 32 heavy (non-hydrogen) atoms. The van der Waals surface area contributed by atoms with E-state index in [-0.39, 0.29) is 23.7 Å². The van der Waals surface area contributed by atoms with Crippen LogP contribution in [0.3, 0.4) is 0 Å². The van der Waals surface area contributed by atoms with E-state index in [1.54, 1.807) is 14.2 Å². The molecule has 0 aliphatic carbocycles. The number of halogens is 1. The van der Waals surface area contributed by atoms with Gasteiger partial charge in [0.05, 0.1) is 7.11 Å². The van der Waals surface area contributed by atoms with Gasteiger partial charge >= 0.3 is 0 Å². The number of benzene rings is 3. The summed E-state index contributed by atoms with van der Waals surface area (Å²) in [5.74, 6) is 0.570. The van der Waals surface area contributed by atoms with Crippen molar-refractivity contribution in [2.75, 3.05) is 14.2 Å². The number of aryl methyl sites for hydroxylation is 1. The molecule has 0 aliphatic rings. The van der Waals surface area contributed by atoms with Gasteiger partial charge in [-0.2, -0.15) is 0 Å². The van der Waals surface area contributed by atoms with Crippen LogP contribution in [0.5, 0.6) is 5.75 Å². The number of hydrogen-bond donors (Lipinski definition) is 2. The number of likely N-dealkylation sites (N-methyl/N-ethyl adjacent to an activating group) is 1. The van der Waals surface area contributed by atoms with Gasteiger partial charge in [0.15, 0.2) is 0 Å². The van der Waals surface area contributed by atoms with Gasteiger partial charge in [0, 0.05) is 13.1 Å². The molecule has 0 spiro atoms. The Kier molecular flexibility index (Phi) is 8.01. The first-order valence-corrected chi connectivity index (χ1v) is 10.8. The summed E-state index contributed by atoms with van der Waals surface area (Å²) in [5, 5.41) is 6.38. The standard InChI is InChI=1S/C27H31FN2O2/c1-18-10-13-22(17-24(18)32-4)25(19(2)16-20-11-14-23(28)15-12-20)30-26(27(31)29-3)21-8-6-5-7-9-21/h5-15,17,19,25-26,30H,16H2,1-4H3,(H,29,31)/t19?,25-,26?/m1/s1. The minimum atomic E-state index is -0.519. The van der Waals surface area contributed by atoms with E-state index >= 15 is 0 Å². The van der Waals surface area contributed by atoms with Crippen LogP contribution in [-0.4, -0.2) is 20.1 Å². The van der Waals surface area contributed by atoms with Crippen LogP contribution in [0.1, 0.15) is 41.3 Å². The third kappa shape index (κ3) is 5.74. The van der Waals surface area contributed by atoms with Crippen LogP contribution in [0.2, 0.25) is 0 Å². The molecule has 3 aromatic carbocycles. The minimum absolute atomic E-state index is 0.103. The van der Waals surface area contributed by atoms with Gasteiger partial charge in [0.2, 0.25) is 5.91 Å². The first-order chi connectivity index (χ1) is 15.4. The fourth-order valence-corrected chi connectivity index (χ4v) is 4.02. The molecule has 4 nitrogen and oxygen atoms in total. The van der Waals surface area contributed by atoms with Gasteiger partial charge in [0.25, 0.3) is 0 Å². The fraction of sp³-hybridized carbons (Fsp3) is 0.296. The summed E-state index contributed by atoms with van der Waals surface area (Å²) in [6.45, 7) is 4.14. The van der Waals surface area contributed by atoms with Crippen LogP contribution in [-0.2, 0) is 11.2 Å². The maximum atomic E-state index is 13.4. The lowest BCUT2D eigenvalue weighted by molar-refractivity contribution is -0.123. The van der Waals surface area contributed by atoms with E-state index in [2.05, 4.69) is 23.6 Å². The molecule has 0 bridgehead atoms. The first kappa shape index (κ1) is 23.5. The Labute approximate surface area is 189 Å². The predicted octanol–water partition coefficient (Wildman–Crippen LogP) is 5.14. The summed E-state index contributed by atoms with van der Waals surface area (Å²) in [6, 6.07) is 21.8. The van der Waals surface area contributed by atoms with Gasteiger partial charge in [-0.3, -0.25) is 10.1 Å². The van der Waals surface area contributed by atoms with Crippen LogP contribution in [0, 0.1) is 18.7 Å². The van der Waals surface area contributed by atoms with Crippen molar-refractivity contribution in [3.63, 3.8) is 0 Å². The molecule has 0 radical (unpaired) electrons. The average molecular weight is 435 g/mol. The third-order valence-electron chi connectivity index (χ3n) is 5.82. The monoisotopic (exact) mass is 434 g/mol. The van der Waals surface area contributed by atoms with Crippen LogP contribution < -0.4 is 15.4 Å². The van der Waals surface area contributed by atoms with Crippen molar-refractivity contribution >= 4 is 5.91 Å². The second kappa shape index (κ2) is 10.9. The van der Waals surface area contributed by atoms with E-state index in [1.807, 2.05) is 61.5 Å². The zero-order valence-electron chi connectivity index (χ0n) is 19.1. The third-order valence-corrected chi connectivity index (χ3v) is 5.82. The SMILES string of the molecule is CNC(=O)C(N[C@@H](c1ccc(C)c(OC)c1)C(C)Cc1ccc(F)cc1)c1ccccc1. The number of hydrogen-bond acceptors (Lipinski definition) is 3. The number of carbonyl (C=O) groups excluding carboxylic acids is 1. The smallest absolute Gasteiger partial charge is 0.241 e. The number of amides is 1. The molecule has 0 aliphatic heterocycles. The zero-order valence-corrected chi connectivity index (χ0v) is 19.1. The molecular weight excluding hydrogens is 403 g/mol. The summed E-state index contributed by atoms with van der Waals surface area (Å²) in [5.41, 5.74) is 4.02. The van der Waals surface area contributed by atoms with Crippen molar-refractivity contribution in [3.05, 3.63) is 101 Å². The van der Waals surface area contributed by atoms with Gasteiger partial charge in [0.1, 0.15) is 17.6 Å². The average Bonchev–Trinajstić information content (AvgIpc) is 2.82. The summed E-state index contributed by atoms with van der Waals surface area (Å²) in [7, 11) is 3.31. The highest BCUT2D eigenvalue weighted by atomic mass is 19.1. The summed E-state index contributed by atoms with van der Waals surface area (Å²) < 4.78 is 18.9. The van der Waals surface area contributed by atoms with Gasteiger partial charge in [-0.15, -0.1) is 0 Å². The molecule has 0 aromatic heterocycles. The van der Waals surface area contributed by atoms with Gasteiger partial charge in [-0.05, 0) is 59.7 Å². The second-order valence-electron chi connectivity index (χ2n) is 8.14. The molecule has 2 N–H and O–H groups in total. The molecule has 3 atom stereocenters. The van der Waals surface area contributed by atoms with Crippen molar-refractivity contribution in [1.82, 2.24) is 10.6 Å². The van der Waals surface area contributed by atoms with Gasteiger partial charge < -0.3 is 10.1 Å². The Hall–Kier alpha value is -3.18. The molecule has 0 saturated heterocycles. The fourth-order valence-electron chi connectivity index (χ4n) is 4.02. The Morgan fingerprint density at radius 3 is 2.31 bits per heavy atom. The van der Waals surface area contributed by atoms with E-state index in [1.165, 1.54) is 12.1 Å². The highest BCUT2D eigenvalue weighted by molar-refractivity contribution is 5.83. The quantitative estimate of drug-likeness (QED) is 0.490. The minimum Gasteiger partial charge on any atom is -0.496 e. The Morgan fingerprint density at radius 2 is 1.69 bits per heavy atom. The lowest BCUT2D eigenvalue weighted by Gasteiger charge is -2.31. The highest BCUT2D eigenvalue weighted by Gasteiger charge is 2.28. The van der Waals surface area contributed by atoms with E-state index in [4.69, 9.17) is 4.74 Å². The maximum Gasteiger partial charge on any atom is 0.241 e. The molecule has 1 amide bonds. The number of carbonyl (C=O) groups is 1. The second-order valence-corrected chi connectivity index (χ2v) is 8.14. The lowest BCUT2D eigenvalue weighted by atomic mass is 9.87. The van der Waals surface area contributed by atoms with E-state index in [0.29, 0.717) is 0 Å². The molecular formula is C27H31FN2O2. The van der Waals surface area contributed by atoms with Gasteiger partial charge in [-0.1, -0.05) is 61.5 Å². The van der Waals surface area contributed by atoms with Crippen LogP contribution in [0.4, 0.5) is 4.39 Å². The van der Waals surface area contributed by atoms with Crippen molar-refractivity contribution in [2.45, 2.75) is 32.4 Å². The topological polar surface area (TPSA) is 50.4 Å². The summed E-state index contributed by atoms with van der Waals surface area (Å²) in [4.78, 5) is 12.8.